The molecule has 1 saturated heterocycles. The fraction of sp³-hybridized carbons (Fsp3) is 0.158. The number of hydrogen-bond acceptors (Lipinski definition) is 8. The SMILES string of the molecule is CC1(C)OC(=O)C(=CNc2cc(Oc3ccc(Cl)cc3Cl)cc([N+](=O)[O-])c2)C(=O)O1. The van der Waals surface area contributed by atoms with E-state index in [0.717, 1.165) is 6.20 Å². The highest BCUT2D eigenvalue weighted by molar-refractivity contribution is 6.35. The highest BCUT2D eigenvalue weighted by atomic mass is 35.5. The molecule has 11 heteroatoms. The minimum absolute atomic E-state index is 0.0873. The maximum Gasteiger partial charge on any atom is 0.350 e. The van der Waals surface area contributed by atoms with Crippen molar-refractivity contribution in [3.8, 4) is 11.5 Å². The molecule has 0 aromatic heterocycles. The number of carbonyl (C=O) groups is 2. The average molecular weight is 453 g/mol. The van der Waals surface area contributed by atoms with Crippen molar-refractivity contribution >= 4 is 46.5 Å². The van der Waals surface area contributed by atoms with Crippen LogP contribution >= 0.6 is 23.2 Å². The normalized spacial score (nSPS) is 15.1. The fourth-order valence-corrected chi connectivity index (χ4v) is 2.90. The molecule has 1 heterocycles. The Bertz CT molecular complexity index is 1060. The van der Waals surface area contributed by atoms with E-state index in [1.165, 1.54) is 44.2 Å². The number of cyclic esters (lactones) is 2. The number of nitro benzene ring substituents is 1. The van der Waals surface area contributed by atoms with E-state index >= 15 is 0 Å². The first kappa shape index (κ1) is 21.4. The number of carbonyl (C=O) groups excluding carboxylic acids is 2. The Hall–Kier alpha value is -3.30. The van der Waals surface area contributed by atoms with Gasteiger partial charge in [0.1, 0.15) is 11.5 Å². The van der Waals surface area contributed by atoms with E-state index in [9.17, 15) is 19.7 Å². The van der Waals surface area contributed by atoms with Crippen LogP contribution in [0.1, 0.15) is 13.8 Å². The van der Waals surface area contributed by atoms with Crippen LogP contribution in [0.15, 0.2) is 48.2 Å². The molecule has 1 fully saturated rings. The summed E-state index contributed by atoms with van der Waals surface area (Å²) in [5, 5.41) is 14.5. The van der Waals surface area contributed by atoms with Crippen molar-refractivity contribution in [3.05, 3.63) is 68.3 Å². The minimum atomic E-state index is -1.38. The van der Waals surface area contributed by atoms with Gasteiger partial charge in [0, 0.05) is 42.9 Å². The molecule has 1 aliphatic heterocycles. The van der Waals surface area contributed by atoms with Gasteiger partial charge in [-0.3, -0.25) is 10.1 Å². The molecular weight excluding hydrogens is 439 g/mol. The number of anilines is 1. The number of nitrogens with zero attached hydrogens (tertiary/aromatic N) is 1. The summed E-state index contributed by atoms with van der Waals surface area (Å²) in [7, 11) is 0. The number of benzene rings is 2. The number of halogens is 2. The molecule has 1 aliphatic rings. The highest BCUT2D eigenvalue weighted by Gasteiger charge is 2.39. The second-order valence-corrected chi connectivity index (χ2v) is 7.37. The van der Waals surface area contributed by atoms with E-state index in [1.807, 2.05) is 0 Å². The molecule has 0 unspecified atom stereocenters. The Morgan fingerprint density at radius 1 is 1.10 bits per heavy atom. The van der Waals surface area contributed by atoms with Crippen LogP contribution in [0.3, 0.4) is 0 Å². The van der Waals surface area contributed by atoms with Crippen molar-refractivity contribution in [1.29, 1.82) is 0 Å². The smallest absolute Gasteiger partial charge is 0.350 e. The molecule has 9 nitrogen and oxygen atoms in total. The fourth-order valence-electron chi connectivity index (χ4n) is 2.45. The number of hydrogen-bond donors (Lipinski definition) is 1. The molecule has 2 aromatic carbocycles. The van der Waals surface area contributed by atoms with E-state index in [1.54, 1.807) is 6.07 Å². The Morgan fingerprint density at radius 3 is 2.37 bits per heavy atom. The van der Waals surface area contributed by atoms with Crippen LogP contribution in [-0.2, 0) is 19.1 Å². The second-order valence-electron chi connectivity index (χ2n) is 6.53. The zero-order valence-corrected chi connectivity index (χ0v) is 17.1. The van der Waals surface area contributed by atoms with Gasteiger partial charge in [-0.1, -0.05) is 23.2 Å². The zero-order valence-electron chi connectivity index (χ0n) is 15.6. The molecule has 0 spiro atoms. The number of esters is 2. The Kier molecular flexibility index (Phi) is 5.86. The number of rotatable bonds is 5. The molecule has 0 amide bonds. The Labute approximate surface area is 180 Å². The van der Waals surface area contributed by atoms with Gasteiger partial charge in [-0.15, -0.1) is 0 Å². The van der Waals surface area contributed by atoms with Crippen LogP contribution < -0.4 is 10.1 Å². The molecule has 3 rings (SSSR count). The lowest BCUT2D eigenvalue weighted by Gasteiger charge is -2.29. The first-order valence-corrected chi connectivity index (χ1v) is 9.15. The van der Waals surface area contributed by atoms with Crippen molar-refractivity contribution in [2.75, 3.05) is 5.32 Å². The first-order valence-electron chi connectivity index (χ1n) is 8.40. The minimum Gasteiger partial charge on any atom is -0.455 e. The molecular formula is C19H14Cl2N2O7. The van der Waals surface area contributed by atoms with Gasteiger partial charge < -0.3 is 19.5 Å². The zero-order chi connectivity index (χ0) is 22.1. The monoisotopic (exact) mass is 452 g/mol. The third-order valence-electron chi connectivity index (χ3n) is 3.72. The summed E-state index contributed by atoms with van der Waals surface area (Å²) in [5.41, 5.74) is -0.528. The quantitative estimate of drug-likeness (QED) is 0.225. The van der Waals surface area contributed by atoms with Crippen LogP contribution in [0.4, 0.5) is 11.4 Å². The van der Waals surface area contributed by atoms with Crippen molar-refractivity contribution in [3.63, 3.8) is 0 Å². The van der Waals surface area contributed by atoms with E-state index in [4.69, 9.17) is 37.4 Å². The predicted molar refractivity (Wildman–Crippen MR) is 108 cm³/mol. The Balaban J connectivity index is 1.89. The summed E-state index contributed by atoms with van der Waals surface area (Å²) >= 11 is 11.9. The molecule has 30 heavy (non-hydrogen) atoms. The van der Waals surface area contributed by atoms with Gasteiger partial charge in [-0.05, 0) is 18.2 Å². The van der Waals surface area contributed by atoms with Crippen molar-refractivity contribution < 1.29 is 28.7 Å². The lowest BCUT2D eigenvalue weighted by Crippen LogP contribution is -2.42. The summed E-state index contributed by atoms with van der Waals surface area (Å²) in [4.78, 5) is 34.6. The summed E-state index contributed by atoms with van der Waals surface area (Å²) < 4.78 is 15.6. The van der Waals surface area contributed by atoms with Gasteiger partial charge in [0.25, 0.3) is 11.5 Å². The molecule has 0 aliphatic carbocycles. The maximum atomic E-state index is 12.0. The second kappa shape index (κ2) is 8.21. The van der Waals surface area contributed by atoms with Gasteiger partial charge >= 0.3 is 11.9 Å². The van der Waals surface area contributed by atoms with Gasteiger partial charge in [0.15, 0.2) is 5.57 Å². The number of nitrogens with one attached hydrogen (secondary N) is 1. The first-order chi connectivity index (χ1) is 14.0. The van der Waals surface area contributed by atoms with E-state index in [0.29, 0.717) is 5.02 Å². The number of nitro groups is 1. The van der Waals surface area contributed by atoms with Crippen molar-refractivity contribution in [2.24, 2.45) is 0 Å². The number of non-ortho nitro benzene ring substituents is 1. The van der Waals surface area contributed by atoms with Crippen LogP contribution in [0.5, 0.6) is 11.5 Å². The van der Waals surface area contributed by atoms with Gasteiger partial charge in [0.05, 0.1) is 16.0 Å². The van der Waals surface area contributed by atoms with E-state index < -0.39 is 28.2 Å². The third-order valence-corrected chi connectivity index (χ3v) is 4.25. The van der Waals surface area contributed by atoms with E-state index in [2.05, 4.69) is 5.32 Å². The largest absolute Gasteiger partial charge is 0.455 e. The summed E-state index contributed by atoms with van der Waals surface area (Å²) in [6.45, 7) is 2.83. The third kappa shape index (κ3) is 5.00. The molecule has 156 valence electrons. The topological polar surface area (TPSA) is 117 Å². The Morgan fingerprint density at radius 2 is 1.77 bits per heavy atom. The van der Waals surface area contributed by atoms with Gasteiger partial charge in [-0.2, -0.15) is 0 Å². The number of ether oxygens (including phenoxy) is 3. The van der Waals surface area contributed by atoms with Crippen LogP contribution in [0.2, 0.25) is 10.0 Å². The van der Waals surface area contributed by atoms with Gasteiger partial charge in [-0.25, -0.2) is 9.59 Å². The van der Waals surface area contributed by atoms with Crippen LogP contribution in [0.25, 0.3) is 0 Å². The summed E-state index contributed by atoms with van der Waals surface area (Å²) in [6, 6.07) is 8.31. The van der Waals surface area contributed by atoms with Crippen LogP contribution in [-0.4, -0.2) is 22.6 Å². The maximum absolute atomic E-state index is 12.0. The summed E-state index contributed by atoms with van der Waals surface area (Å²) in [6.07, 6.45) is 1.04. The highest BCUT2D eigenvalue weighted by Crippen LogP contribution is 2.34. The molecule has 0 bridgehead atoms. The van der Waals surface area contributed by atoms with E-state index in [-0.39, 0.29) is 27.9 Å². The molecule has 1 N–H and O–H groups in total. The lowest BCUT2D eigenvalue weighted by atomic mass is 10.2. The predicted octanol–water partition coefficient (Wildman–Crippen LogP) is 4.83. The standard InChI is InChI=1S/C19H14Cl2N2O7/c1-19(2)29-17(24)14(18(25)30-19)9-22-11-6-12(23(26)27)8-13(7-11)28-16-4-3-10(20)5-15(16)21/h3-9,22H,1-2H3. The lowest BCUT2D eigenvalue weighted by molar-refractivity contribution is -0.384. The average Bonchev–Trinajstić information content (AvgIpc) is 2.62. The van der Waals surface area contributed by atoms with Gasteiger partial charge in [0.2, 0.25) is 0 Å². The van der Waals surface area contributed by atoms with Crippen molar-refractivity contribution in [2.45, 2.75) is 19.6 Å². The summed E-state index contributed by atoms with van der Waals surface area (Å²) in [5.74, 6) is -2.84. The molecule has 2 aromatic rings. The molecule has 0 saturated carbocycles. The molecule has 0 atom stereocenters. The molecule has 0 radical (unpaired) electrons. The van der Waals surface area contributed by atoms with Crippen molar-refractivity contribution in [1.82, 2.24) is 0 Å². The van der Waals surface area contributed by atoms with Crippen LogP contribution in [0, 0.1) is 10.1 Å².